The topological polar surface area (TPSA) is 94.6 Å². The van der Waals surface area contributed by atoms with Gasteiger partial charge in [0.25, 0.3) is 5.91 Å². The summed E-state index contributed by atoms with van der Waals surface area (Å²) in [6, 6.07) is 5.11. The van der Waals surface area contributed by atoms with Gasteiger partial charge in [0.2, 0.25) is 5.75 Å². The molecular weight excluding hydrogens is 348 g/mol. The summed E-state index contributed by atoms with van der Waals surface area (Å²) in [6.45, 7) is 2.75. The van der Waals surface area contributed by atoms with E-state index in [1.807, 2.05) is 0 Å². The second-order valence-electron chi connectivity index (χ2n) is 5.79. The van der Waals surface area contributed by atoms with Crippen LogP contribution in [-0.4, -0.2) is 43.7 Å². The first-order chi connectivity index (χ1) is 13.1. The molecule has 0 saturated carbocycles. The lowest BCUT2D eigenvalue weighted by atomic mass is 10.2. The molecule has 8 heteroatoms. The van der Waals surface area contributed by atoms with Crippen LogP contribution < -0.4 is 24.8 Å². The van der Waals surface area contributed by atoms with Gasteiger partial charge in [-0.3, -0.25) is 4.79 Å². The third kappa shape index (κ3) is 5.47. The number of carbonyl (C=O) groups excluding carboxylic acids is 1. The summed E-state index contributed by atoms with van der Waals surface area (Å²) >= 11 is 0. The number of ether oxygens (including phenoxy) is 3. The van der Waals surface area contributed by atoms with Gasteiger partial charge in [-0.25, -0.2) is 9.97 Å². The molecule has 2 N–H and O–H groups in total. The SMILES string of the molecule is CCCCCNC(=O)c1cc(Nc2cc(OC)c(OC)c(OC)c2)ncn1. The van der Waals surface area contributed by atoms with Crippen LogP contribution in [0.1, 0.15) is 36.7 Å². The van der Waals surface area contributed by atoms with E-state index in [0.29, 0.717) is 41.0 Å². The molecule has 0 aliphatic rings. The Hall–Kier alpha value is -3.03. The van der Waals surface area contributed by atoms with Crippen molar-refractivity contribution in [3.05, 3.63) is 30.2 Å². The Morgan fingerprint density at radius 3 is 2.30 bits per heavy atom. The first-order valence-corrected chi connectivity index (χ1v) is 8.80. The fourth-order valence-corrected chi connectivity index (χ4v) is 2.52. The van der Waals surface area contributed by atoms with Crippen LogP contribution in [0.3, 0.4) is 0 Å². The van der Waals surface area contributed by atoms with Crippen molar-refractivity contribution >= 4 is 17.4 Å². The second kappa shape index (κ2) is 10.2. The molecule has 0 atom stereocenters. The van der Waals surface area contributed by atoms with Crippen LogP contribution in [0.2, 0.25) is 0 Å². The summed E-state index contributed by atoms with van der Waals surface area (Å²) in [5.74, 6) is 1.80. The summed E-state index contributed by atoms with van der Waals surface area (Å²) in [7, 11) is 4.64. The third-order valence-electron chi connectivity index (χ3n) is 3.90. The van der Waals surface area contributed by atoms with Crippen LogP contribution in [0.5, 0.6) is 17.2 Å². The standard InChI is InChI=1S/C19H26N4O4/c1-5-6-7-8-20-19(24)14-11-17(22-12-21-14)23-13-9-15(25-2)18(27-4)16(10-13)26-3/h9-12H,5-8H2,1-4H3,(H,20,24)(H,21,22,23). The molecule has 0 unspecified atom stereocenters. The van der Waals surface area contributed by atoms with Crippen LogP contribution >= 0.6 is 0 Å². The van der Waals surface area contributed by atoms with Crippen LogP contribution in [0.25, 0.3) is 0 Å². The number of anilines is 2. The smallest absolute Gasteiger partial charge is 0.270 e. The summed E-state index contributed by atoms with van der Waals surface area (Å²) < 4.78 is 16.0. The van der Waals surface area contributed by atoms with Gasteiger partial charge in [-0.1, -0.05) is 19.8 Å². The molecule has 0 saturated heterocycles. The van der Waals surface area contributed by atoms with Crippen molar-refractivity contribution in [1.29, 1.82) is 0 Å². The quantitative estimate of drug-likeness (QED) is 0.617. The van der Waals surface area contributed by atoms with E-state index in [1.54, 1.807) is 39.5 Å². The van der Waals surface area contributed by atoms with Crippen molar-refractivity contribution < 1.29 is 19.0 Å². The van der Waals surface area contributed by atoms with Gasteiger partial charge in [0.15, 0.2) is 11.5 Å². The Labute approximate surface area is 159 Å². The number of hydrogen-bond acceptors (Lipinski definition) is 7. The van der Waals surface area contributed by atoms with Crippen molar-refractivity contribution in [1.82, 2.24) is 15.3 Å². The largest absolute Gasteiger partial charge is 0.493 e. The summed E-state index contributed by atoms with van der Waals surface area (Å²) in [5.41, 5.74) is 0.981. The maximum absolute atomic E-state index is 12.2. The van der Waals surface area contributed by atoms with E-state index in [-0.39, 0.29) is 5.91 Å². The number of hydrogen-bond donors (Lipinski definition) is 2. The molecule has 2 aromatic rings. The van der Waals surface area contributed by atoms with Crippen LogP contribution in [0, 0.1) is 0 Å². The highest BCUT2D eigenvalue weighted by molar-refractivity contribution is 5.93. The predicted molar refractivity (Wildman–Crippen MR) is 103 cm³/mol. The number of rotatable bonds is 10. The van der Waals surface area contributed by atoms with Crippen LogP contribution in [0.15, 0.2) is 24.5 Å². The maximum Gasteiger partial charge on any atom is 0.270 e. The molecule has 0 radical (unpaired) electrons. The van der Waals surface area contributed by atoms with Crippen LogP contribution in [0.4, 0.5) is 11.5 Å². The van der Waals surface area contributed by atoms with E-state index < -0.39 is 0 Å². The first kappa shape index (κ1) is 20.3. The Kier molecular flexibility index (Phi) is 7.66. The molecule has 0 aliphatic heterocycles. The molecule has 1 amide bonds. The molecular formula is C19H26N4O4. The Bertz CT molecular complexity index is 742. The minimum Gasteiger partial charge on any atom is -0.493 e. The minimum absolute atomic E-state index is 0.221. The van der Waals surface area contributed by atoms with Crippen molar-refractivity contribution in [2.45, 2.75) is 26.2 Å². The summed E-state index contributed by atoms with van der Waals surface area (Å²) in [6.07, 6.45) is 4.48. The highest BCUT2D eigenvalue weighted by Gasteiger charge is 2.14. The lowest BCUT2D eigenvalue weighted by Gasteiger charge is -2.15. The number of carbonyl (C=O) groups is 1. The Balaban J connectivity index is 2.15. The van der Waals surface area contributed by atoms with E-state index in [2.05, 4.69) is 27.5 Å². The lowest BCUT2D eigenvalue weighted by molar-refractivity contribution is 0.0948. The number of methoxy groups -OCH3 is 3. The zero-order valence-electron chi connectivity index (χ0n) is 16.2. The first-order valence-electron chi connectivity index (χ1n) is 8.80. The van der Waals surface area contributed by atoms with Gasteiger partial charge in [-0.05, 0) is 6.42 Å². The molecule has 1 heterocycles. The Morgan fingerprint density at radius 2 is 1.70 bits per heavy atom. The van der Waals surface area contributed by atoms with Crippen molar-refractivity contribution in [3.63, 3.8) is 0 Å². The van der Waals surface area contributed by atoms with Gasteiger partial charge < -0.3 is 24.8 Å². The molecule has 1 aromatic carbocycles. The van der Waals surface area contributed by atoms with Crippen molar-refractivity contribution in [3.8, 4) is 17.2 Å². The number of nitrogens with one attached hydrogen (secondary N) is 2. The number of aromatic nitrogens is 2. The molecule has 1 aromatic heterocycles. The fourth-order valence-electron chi connectivity index (χ4n) is 2.52. The van der Waals surface area contributed by atoms with E-state index >= 15 is 0 Å². The zero-order chi connectivity index (χ0) is 19.6. The summed E-state index contributed by atoms with van der Waals surface area (Å²) in [4.78, 5) is 20.4. The normalized spacial score (nSPS) is 10.2. The number of unbranched alkanes of at least 4 members (excludes halogenated alkanes) is 2. The van der Waals surface area contributed by atoms with Crippen molar-refractivity contribution in [2.24, 2.45) is 0 Å². The monoisotopic (exact) mass is 374 g/mol. The fraction of sp³-hybridized carbons (Fsp3) is 0.421. The molecule has 0 aliphatic carbocycles. The number of benzene rings is 1. The average molecular weight is 374 g/mol. The van der Waals surface area contributed by atoms with Crippen LogP contribution in [-0.2, 0) is 0 Å². The molecule has 2 rings (SSSR count). The highest BCUT2D eigenvalue weighted by atomic mass is 16.5. The van der Waals surface area contributed by atoms with E-state index in [4.69, 9.17) is 14.2 Å². The van der Waals surface area contributed by atoms with E-state index in [9.17, 15) is 4.79 Å². The zero-order valence-corrected chi connectivity index (χ0v) is 16.2. The average Bonchev–Trinajstić information content (AvgIpc) is 2.70. The van der Waals surface area contributed by atoms with Gasteiger partial charge in [-0.2, -0.15) is 0 Å². The third-order valence-corrected chi connectivity index (χ3v) is 3.90. The molecule has 0 spiro atoms. The van der Waals surface area contributed by atoms with Gasteiger partial charge in [0.1, 0.15) is 17.8 Å². The number of amides is 1. The maximum atomic E-state index is 12.2. The molecule has 27 heavy (non-hydrogen) atoms. The molecule has 0 bridgehead atoms. The number of nitrogens with zero attached hydrogens (tertiary/aromatic N) is 2. The van der Waals surface area contributed by atoms with E-state index in [1.165, 1.54) is 6.33 Å². The summed E-state index contributed by atoms with van der Waals surface area (Å²) in [5, 5.41) is 5.99. The molecule has 146 valence electrons. The van der Waals surface area contributed by atoms with Gasteiger partial charge in [-0.15, -0.1) is 0 Å². The molecule has 0 fully saturated rings. The Morgan fingerprint density at radius 1 is 1.00 bits per heavy atom. The van der Waals surface area contributed by atoms with Crippen molar-refractivity contribution in [2.75, 3.05) is 33.2 Å². The predicted octanol–water partition coefficient (Wildman–Crippen LogP) is 3.17. The van der Waals surface area contributed by atoms with E-state index in [0.717, 1.165) is 19.3 Å². The van der Waals surface area contributed by atoms with Gasteiger partial charge >= 0.3 is 0 Å². The van der Waals surface area contributed by atoms with Gasteiger partial charge in [0, 0.05) is 30.4 Å². The highest BCUT2D eigenvalue weighted by Crippen LogP contribution is 2.40. The lowest BCUT2D eigenvalue weighted by Crippen LogP contribution is -2.25. The second-order valence-corrected chi connectivity index (χ2v) is 5.79. The molecule has 8 nitrogen and oxygen atoms in total. The minimum atomic E-state index is -0.221. The van der Waals surface area contributed by atoms with Gasteiger partial charge in [0.05, 0.1) is 21.3 Å².